The standard InChI is InChI=1S/C27H25F2N5O5/c28-19-6-7-20(29)25-23(19)22-18(14-38-25)24(22)32-27(36)31-21-8-5-17(13-30-21)39-16-3-1-15(2-4-16)26(35)33-34-9-11-37-12-10-34/h1-8,13,18,22,24H,9-12,14H2,(H,33,35)(H2,30,31,32,36)/t18-,22-,24+/m0/s1. The zero-order valence-electron chi connectivity index (χ0n) is 20.7. The van der Waals surface area contributed by atoms with Crippen LogP contribution in [0.15, 0.2) is 54.7 Å². The molecule has 0 bridgehead atoms. The number of aromatic nitrogens is 1. The number of pyridine rings is 1. The first-order valence-electron chi connectivity index (χ1n) is 12.5. The Morgan fingerprint density at radius 3 is 2.46 bits per heavy atom. The normalized spacial score (nSPS) is 21.5. The van der Waals surface area contributed by atoms with Gasteiger partial charge in [-0.2, -0.15) is 0 Å². The predicted molar refractivity (Wildman–Crippen MR) is 135 cm³/mol. The topological polar surface area (TPSA) is 114 Å². The molecule has 202 valence electrons. The fraction of sp³-hybridized carbons (Fsp3) is 0.296. The molecule has 10 nitrogen and oxygen atoms in total. The summed E-state index contributed by atoms with van der Waals surface area (Å²) in [5.41, 5.74) is 3.52. The van der Waals surface area contributed by atoms with E-state index >= 15 is 0 Å². The molecule has 3 atom stereocenters. The lowest BCUT2D eigenvalue weighted by atomic mass is 10.0. The molecule has 1 saturated heterocycles. The number of nitrogens with zero attached hydrogens (tertiary/aromatic N) is 2. The van der Waals surface area contributed by atoms with E-state index in [-0.39, 0.29) is 47.5 Å². The van der Waals surface area contributed by atoms with Gasteiger partial charge in [0.15, 0.2) is 11.6 Å². The Balaban J connectivity index is 1.00. The Morgan fingerprint density at radius 1 is 0.974 bits per heavy atom. The first-order valence-corrected chi connectivity index (χ1v) is 12.5. The van der Waals surface area contributed by atoms with Crippen LogP contribution in [-0.4, -0.2) is 60.9 Å². The van der Waals surface area contributed by atoms with E-state index in [0.29, 0.717) is 43.4 Å². The summed E-state index contributed by atoms with van der Waals surface area (Å²) in [6, 6.07) is 11.1. The maximum Gasteiger partial charge on any atom is 0.320 e. The van der Waals surface area contributed by atoms with E-state index in [1.54, 1.807) is 36.4 Å². The van der Waals surface area contributed by atoms with Gasteiger partial charge in [0.05, 0.1) is 26.0 Å². The molecule has 3 aromatic rings. The monoisotopic (exact) mass is 537 g/mol. The van der Waals surface area contributed by atoms with Crippen molar-refractivity contribution < 1.29 is 32.6 Å². The lowest BCUT2D eigenvalue weighted by Gasteiger charge is -2.26. The van der Waals surface area contributed by atoms with E-state index in [1.165, 1.54) is 6.20 Å². The third kappa shape index (κ3) is 5.33. The number of hydrazine groups is 1. The van der Waals surface area contributed by atoms with Gasteiger partial charge in [-0.15, -0.1) is 0 Å². The maximum absolute atomic E-state index is 14.3. The summed E-state index contributed by atoms with van der Waals surface area (Å²) in [5.74, 6) is -0.678. The minimum absolute atomic E-state index is 0.0795. The maximum atomic E-state index is 14.3. The molecule has 2 aliphatic heterocycles. The van der Waals surface area contributed by atoms with Crippen molar-refractivity contribution >= 4 is 17.8 Å². The van der Waals surface area contributed by atoms with Crippen LogP contribution in [0.3, 0.4) is 0 Å². The number of morpholine rings is 1. The Labute approximate surface area is 222 Å². The Morgan fingerprint density at radius 2 is 1.72 bits per heavy atom. The summed E-state index contributed by atoms with van der Waals surface area (Å²) in [6.45, 7) is 2.63. The van der Waals surface area contributed by atoms with Gasteiger partial charge >= 0.3 is 6.03 Å². The van der Waals surface area contributed by atoms with Crippen LogP contribution < -0.4 is 25.5 Å². The third-order valence-electron chi connectivity index (χ3n) is 6.92. The van der Waals surface area contributed by atoms with Gasteiger partial charge in [0.25, 0.3) is 5.91 Å². The molecule has 3 amide bonds. The number of hydrogen-bond donors (Lipinski definition) is 3. The highest BCUT2D eigenvalue weighted by molar-refractivity contribution is 5.94. The number of urea groups is 1. The van der Waals surface area contributed by atoms with Gasteiger partial charge in [-0.1, -0.05) is 0 Å². The number of benzene rings is 2. The molecular weight excluding hydrogens is 512 g/mol. The molecule has 3 aliphatic rings. The van der Waals surface area contributed by atoms with Gasteiger partial charge in [-0.25, -0.2) is 23.6 Å². The van der Waals surface area contributed by atoms with Gasteiger partial charge in [0, 0.05) is 42.1 Å². The number of amides is 3. The number of anilines is 1. The van der Waals surface area contributed by atoms with E-state index < -0.39 is 17.7 Å². The molecule has 39 heavy (non-hydrogen) atoms. The molecule has 0 unspecified atom stereocenters. The molecule has 3 heterocycles. The molecule has 2 fully saturated rings. The largest absolute Gasteiger partial charge is 0.490 e. The van der Waals surface area contributed by atoms with Crippen LogP contribution in [-0.2, 0) is 4.74 Å². The SMILES string of the molecule is O=C(Nc1ccc(Oc2ccc(C(=O)NN3CCOCC3)cc2)cn1)N[C@@H]1[C@H]2COc3c(F)ccc(F)c3[C@H]21. The van der Waals surface area contributed by atoms with Crippen molar-refractivity contribution in [1.82, 2.24) is 20.7 Å². The van der Waals surface area contributed by atoms with E-state index in [1.807, 2.05) is 5.01 Å². The Hall–Kier alpha value is -4.29. The van der Waals surface area contributed by atoms with E-state index in [4.69, 9.17) is 14.2 Å². The van der Waals surface area contributed by atoms with Crippen LogP contribution >= 0.6 is 0 Å². The summed E-state index contributed by atoms with van der Waals surface area (Å²) in [5, 5.41) is 7.25. The van der Waals surface area contributed by atoms with Crippen molar-refractivity contribution in [2.75, 3.05) is 38.2 Å². The number of ether oxygens (including phenoxy) is 3. The minimum Gasteiger partial charge on any atom is -0.490 e. The summed E-state index contributed by atoms with van der Waals surface area (Å²) in [7, 11) is 0. The average molecular weight is 538 g/mol. The summed E-state index contributed by atoms with van der Waals surface area (Å²) in [4.78, 5) is 29.1. The lowest BCUT2D eigenvalue weighted by Crippen LogP contribution is -2.48. The van der Waals surface area contributed by atoms with Gasteiger partial charge < -0.3 is 19.5 Å². The van der Waals surface area contributed by atoms with E-state index in [2.05, 4.69) is 21.0 Å². The Bertz CT molecular complexity index is 1380. The number of carbonyl (C=O) groups excluding carboxylic acids is 2. The number of nitrogens with one attached hydrogen (secondary N) is 3. The van der Waals surface area contributed by atoms with Gasteiger partial charge in [-0.05, 0) is 48.5 Å². The predicted octanol–water partition coefficient (Wildman–Crippen LogP) is 3.43. The first kappa shape index (κ1) is 25.0. The molecule has 1 saturated carbocycles. The zero-order chi connectivity index (χ0) is 26.9. The van der Waals surface area contributed by atoms with Crippen LogP contribution in [0.2, 0.25) is 0 Å². The highest BCUT2D eigenvalue weighted by atomic mass is 19.1. The molecule has 0 spiro atoms. The fourth-order valence-corrected chi connectivity index (χ4v) is 4.87. The van der Waals surface area contributed by atoms with Crippen molar-refractivity contribution in [2.24, 2.45) is 5.92 Å². The van der Waals surface area contributed by atoms with Crippen molar-refractivity contribution in [3.63, 3.8) is 0 Å². The smallest absolute Gasteiger partial charge is 0.320 e. The second-order valence-corrected chi connectivity index (χ2v) is 9.44. The van der Waals surface area contributed by atoms with Crippen LogP contribution in [0.25, 0.3) is 0 Å². The Kier molecular flexibility index (Phi) is 6.71. The lowest BCUT2D eigenvalue weighted by molar-refractivity contribution is 0.0126. The second kappa shape index (κ2) is 10.5. The fourth-order valence-electron chi connectivity index (χ4n) is 4.87. The molecule has 12 heteroatoms. The molecule has 3 N–H and O–H groups in total. The first-order chi connectivity index (χ1) is 19.0. The summed E-state index contributed by atoms with van der Waals surface area (Å²) in [6.07, 6.45) is 1.45. The molecule has 2 aromatic carbocycles. The minimum atomic E-state index is -0.614. The third-order valence-corrected chi connectivity index (χ3v) is 6.92. The van der Waals surface area contributed by atoms with Crippen molar-refractivity contribution in [2.45, 2.75) is 12.0 Å². The number of rotatable bonds is 6. The highest BCUT2D eigenvalue weighted by Gasteiger charge is 2.57. The van der Waals surface area contributed by atoms with Crippen LogP contribution in [0, 0.1) is 17.6 Å². The van der Waals surface area contributed by atoms with Gasteiger partial charge in [0.1, 0.15) is 23.1 Å². The zero-order valence-corrected chi connectivity index (χ0v) is 20.7. The molecule has 1 aromatic heterocycles. The van der Waals surface area contributed by atoms with E-state index in [0.717, 1.165) is 12.1 Å². The number of halogens is 2. The van der Waals surface area contributed by atoms with Gasteiger partial charge in [0.2, 0.25) is 0 Å². The number of fused-ring (bicyclic) bond motifs is 3. The van der Waals surface area contributed by atoms with Crippen molar-refractivity contribution in [3.05, 3.63) is 77.5 Å². The summed E-state index contributed by atoms with van der Waals surface area (Å²) >= 11 is 0. The van der Waals surface area contributed by atoms with E-state index in [9.17, 15) is 18.4 Å². The summed E-state index contributed by atoms with van der Waals surface area (Å²) < 4.78 is 44.7. The van der Waals surface area contributed by atoms with Crippen LogP contribution in [0.5, 0.6) is 17.2 Å². The quantitative estimate of drug-likeness (QED) is 0.442. The molecule has 0 radical (unpaired) electrons. The number of hydrogen-bond acceptors (Lipinski definition) is 7. The van der Waals surface area contributed by atoms with Gasteiger partial charge in [-0.3, -0.25) is 15.5 Å². The van der Waals surface area contributed by atoms with Crippen LogP contribution in [0.1, 0.15) is 21.8 Å². The molecule has 1 aliphatic carbocycles. The van der Waals surface area contributed by atoms with Crippen molar-refractivity contribution in [1.29, 1.82) is 0 Å². The molecule has 6 rings (SSSR count). The highest BCUT2D eigenvalue weighted by Crippen LogP contribution is 2.55. The second-order valence-electron chi connectivity index (χ2n) is 9.44. The molecular formula is C27H25F2N5O5. The van der Waals surface area contributed by atoms with Crippen LogP contribution in [0.4, 0.5) is 19.4 Å². The number of carbonyl (C=O) groups is 2. The van der Waals surface area contributed by atoms with Crippen molar-refractivity contribution in [3.8, 4) is 17.2 Å². The average Bonchev–Trinajstić information content (AvgIpc) is 3.65.